The molecule has 0 saturated carbocycles. The highest BCUT2D eigenvalue weighted by Crippen LogP contribution is 2.34. The largest absolute Gasteiger partial charge is 0.351 e. The first-order valence-electron chi connectivity index (χ1n) is 11.0. The third kappa shape index (κ3) is 5.98. The molecule has 0 aliphatic rings. The van der Waals surface area contributed by atoms with Crippen LogP contribution in [0.25, 0.3) is 20.8 Å². The number of hydrogen-bond acceptors (Lipinski definition) is 5. The molecule has 0 unspecified atom stereocenters. The smallest absolute Gasteiger partial charge is 0.319 e. The number of anilines is 1. The standard InChI is InChI=1S/C26H27N5O2S/c1-31(2)15-14-27-24(32)19-9-7-8-18(16-19)17-28-26(33)30-21-11-4-3-10-20(21)25-29-22-12-5-6-13-23(22)34-25/h3-13,16H,14-15,17H2,1-2H3,(H,27,32)(H2,28,30,33). The fourth-order valence-electron chi connectivity index (χ4n) is 3.43. The topological polar surface area (TPSA) is 86.4 Å². The van der Waals surface area contributed by atoms with Crippen LogP contribution in [-0.2, 0) is 6.54 Å². The van der Waals surface area contributed by atoms with Gasteiger partial charge in [-0.2, -0.15) is 0 Å². The third-order valence-electron chi connectivity index (χ3n) is 5.19. The normalized spacial score (nSPS) is 10.9. The van der Waals surface area contributed by atoms with Crippen LogP contribution in [0.3, 0.4) is 0 Å². The van der Waals surface area contributed by atoms with E-state index in [-0.39, 0.29) is 11.9 Å². The summed E-state index contributed by atoms with van der Waals surface area (Å²) in [6.45, 7) is 1.64. The van der Waals surface area contributed by atoms with Crippen LogP contribution < -0.4 is 16.0 Å². The first-order chi connectivity index (χ1) is 16.5. The lowest BCUT2D eigenvalue weighted by molar-refractivity contribution is 0.0951. The number of carbonyl (C=O) groups is 2. The van der Waals surface area contributed by atoms with Crippen molar-refractivity contribution in [2.45, 2.75) is 6.54 Å². The molecule has 3 aromatic carbocycles. The van der Waals surface area contributed by atoms with Crippen molar-refractivity contribution in [3.63, 3.8) is 0 Å². The van der Waals surface area contributed by atoms with Crippen molar-refractivity contribution in [1.29, 1.82) is 0 Å². The van der Waals surface area contributed by atoms with E-state index in [1.165, 1.54) is 0 Å². The molecule has 1 aromatic heterocycles. The summed E-state index contributed by atoms with van der Waals surface area (Å²) in [7, 11) is 3.92. The Bertz CT molecular complexity index is 1270. The van der Waals surface area contributed by atoms with Gasteiger partial charge in [-0.15, -0.1) is 11.3 Å². The number of urea groups is 1. The van der Waals surface area contributed by atoms with Crippen molar-refractivity contribution in [1.82, 2.24) is 20.5 Å². The predicted molar refractivity (Wildman–Crippen MR) is 138 cm³/mol. The van der Waals surface area contributed by atoms with E-state index in [1.54, 1.807) is 23.5 Å². The van der Waals surface area contributed by atoms with E-state index in [0.29, 0.717) is 24.3 Å². The van der Waals surface area contributed by atoms with Gasteiger partial charge in [0.1, 0.15) is 5.01 Å². The van der Waals surface area contributed by atoms with Gasteiger partial charge in [-0.1, -0.05) is 36.4 Å². The minimum atomic E-state index is -0.325. The Hall–Kier alpha value is -3.75. The number of rotatable bonds is 8. The molecule has 0 bridgehead atoms. The second-order valence-electron chi connectivity index (χ2n) is 8.10. The summed E-state index contributed by atoms with van der Waals surface area (Å²) < 4.78 is 1.10. The number of amides is 3. The zero-order chi connectivity index (χ0) is 23.9. The Morgan fingerprint density at radius 2 is 1.74 bits per heavy atom. The highest BCUT2D eigenvalue weighted by Gasteiger charge is 2.12. The van der Waals surface area contributed by atoms with Crippen LogP contribution in [0.5, 0.6) is 0 Å². The molecule has 0 aliphatic heterocycles. The Balaban J connectivity index is 1.38. The van der Waals surface area contributed by atoms with E-state index < -0.39 is 0 Å². The lowest BCUT2D eigenvalue weighted by Gasteiger charge is -2.12. The predicted octanol–water partition coefficient (Wildman–Crippen LogP) is 4.58. The molecule has 0 atom stereocenters. The van der Waals surface area contributed by atoms with Gasteiger partial charge >= 0.3 is 6.03 Å². The number of likely N-dealkylation sites (N-methyl/N-ethyl adjacent to an activating group) is 1. The van der Waals surface area contributed by atoms with Crippen molar-refractivity contribution < 1.29 is 9.59 Å². The number of aromatic nitrogens is 1. The third-order valence-corrected chi connectivity index (χ3v) is 6.26. The molecule has 174 valence electrons. The maximum absolute atomic E-state index is 12.6. The van der Waals surface area contributed by atoms with Crippen molar-refractivity contribution in [2.75, 3.05) is 32.5 Å². The Labute approximate surface area is 202 Å². The molecule has 0 spiro atoms. The van der Waals surface area contributed by atoms with Crippen LogP contribution >= 0.6 is 11.3 Å². The van der Waals surface area contributed by atoms with Crippen LogP contribution in [0.2, 0.25) is 0 Å². The first kappa shape index (κ1) is 23.4. The van der Waals surface area contributed by atoms with Crippen LogP contribution in [0, 0.1) is 0 Å². The minimum Gasteiger partial charge on any atom is -0.351 e. The van der Waals surface area contributed by atoms with Crippen molar-refractivity contribution in [3.05, 3.63) is 83.9 Å². The number of nitrogens with zero attached hydrogens (tertiary/aromatic N) is 2. The van der Waals surface area contributed by atoms with E-state index in [0.717, 1.165) is 32.9 Å². The summed E-state index contributed by atoms with van der Waals surface area (Å²) in [4.78, 5) is 31.7. The summed E-state index contributed by atoms with van der Waals surface area (Å²) >= 11 is 1.59. The van der Waals surface area contributed by atoms with Gasteiger partial charge in [-0.3, -0.25) is 4.79 Å². The van der Waals surface area contributed by atoms with Crippen LogP contribution in [0.1, 0.15) is 15.9 Å². The number of fused-ring (bicyclic) bond motifs is 1. The van der Waals surface area contributed by atoms with E-state index in [4.69, 9.17) is 4.98 Å². The quantitative estimate of drug-likeness (QED) is 0.350. The molecule has 0 saturated heterocycles. The summed E-state index contributed by atoms with van der Waals surface area (Å²) in [6, 6.07) is 22.5. The lowest BCUT2D eigenvalue weighted by Crippen LogP contribution is -2.31. The van der Waals surface area contributed by atoms with Crippen molar-refractivity contribution >= 4 is 39.2 Å². The van der Waals surface area contributed by atoms with E-state index in [2.05, 4.69) is 16.0 Å². The van der Waals surface area contributed by atoms with E-state index in [9.17, 15) is 9.59 Å². The maximum Gasteiger partial charge on any atom is 0.319 e. The van der Waals surface area contributed by atoms with Gasteiger partial charge in [0, 0.05) is 30.8 Å². The summed E-state index contributed by atoms with van der Waals surface area (Å²) in [5, 5.41) is 9.56. The Morgan fingerprint density at radius 3 is 2.56 bits per heavy atom. The molecule has 3 N–H and O–H groups in total. The van der Waals surface area contributed by atoms with Gasteiger partial charge < -0.3 is 20.9 Å². The van der Waals surface area contributed by atoms with Gasteiger partial charge in [0.15, 0.2) is 0 Å². The van der Waals surface area contributed by atoms with Crippen molar-refractivity contribution in [3.8, 4) is 10.6 Å². The molecule has 0 aliphatic carbocycles. The molecule has 3 amide bonds. The fraction of sp³-hybridized carbons (Fsp3) is 0.192. The second-order valence-corrected chi connectivity index (χ2v) is 9.13. The van der Waals surface area contributed by atoms with Crippen molar-refractivity contribution in [2.24, 2.45) is 0 Å². The fourth-order valence-corrected chi connectivity index (χ4v) is 4.44. The average Bonchev–Trinajstić information content (AvgIpc) is 3.27. The highest BCUT2D eigenvalue weighted by molar-refractivity contribution is 7.21. The Morgan fingerprint density at radius 1 is 0.941 bits per heavy atom. The molecule has 34 heavy (non-hydrogen) atoms. The zero-order valence-electron chi connectivity index (χ0n) is 19.2. The molecule has 8 heteroatoms. The average molecular weight is 474 g/mol. The number of thiazole rings is 1. The van der Waals surface area contributed by atoms with Crippen LogP contribution in [0.15, 0.2) is 72.8 Å². The molecule has 4 rings (SSSR count). The highest BCUT2D eigenvalue weighted by atomic mass is 32.1. The molecule has 4 aromatic rings. The zero-order valence-corrected chi connectivity index (χ0v) is 20.0. The Kier molecular flexibility index (Phi) is 7.51. The number of para-hydroxylation sites is 2. The molecule has 1 heterocycles. The van der Waals surface area contributed by atoms with Gasteiger partial charge in [0.2, 0.25) is 0 Å². The van der Waals surface area contributed by atoms with E-state index in [1.807, 2.05) is 79.7 Å². The maximum atomic E-state index is 12.6. The van der Waals surface area contributed by atoms with Crippen LogP contribution in [-0.4, -0.2) is 49.0 Å². The number of hydrogen-bond donors (Lipinski definition) is 3. The monoisotopic (exact) mass is 473 g/mol. The first-order valence-corrected chi connectivity index (χ1v) is 11.8. The van der Waals surface area contributed by atoms with Gasteiger partial charge in [-0.25, -0.2) is 9.78 Å². The molecule has 0 fully saturated rings. The molecular formula is C26H27N5O2S. The van der Waals surface area contributed by atoms with Gasteiger partial charge in [0.25, 0.3) is 5.91 Å². The molecule has 0 radical (unpaired) electrons. The van der Waals surface area contributed by atoms with Gasteiger partial charge in [0.05, 0.1) is 15.9 Å². The second kappa shape index (κ2) is 10.9. The summed E-state index contributed by atoms with van der Waals surface area (Å²) in [6.07, 6.45) is 0. The summed E-state index contributed by atoms with van der Waals surface area (Å²) in [5.74, 6) is -0.127. The summed E-state index contributed by atoms with van der Waals surface area (Å²) in [5.41, 5.74) is 3.91. The lowest BCUT2D eigenvalue weighted by atomic mass is 10.1. The molecule has 7 nitrogen and oxygen atoms in total. The van der Waals surface area contributed by atoms with Gasteiger partial charge in [-0.05, 0) is 56.1 Å². The molecular weight excluding hydrogens is 446 g/mol. The number of nitrogens with one attached hydrogen (secondary N) is 3. The number of carbonyl (C=O) groups excluding carboxylic acids is 2. The van der Waals surface area contributed by atoms with Crippen LogP contribution in [0.4, 0.5) is 10.5 Å². The minimum absolute atomic E-state index is 0.127. The number of benzene rings is 3. The van der Waals surface area contributed by atoms with E-state index >= 15 is 0 Å². The SMILES string of the molecule is CN(C)CCNC(=O)c1cccc(CNC(=O)Nc2ccccc2-c2nc3ccccc3s2)c1.